The fraction of sp³-hybridized carbons (Fsp3) is 0.483. The minimum absolute atomic E-state index is 0.253. The second-order valence-corrected chi connectivity index (χ2v) is 9.85. The molecule has 7 heteroatoms. The molecule has 0 saturated heterocycles. The molecule has 0 heterocycles. The van der Waals surface area contributed by atoms with Gasteiger partial charge < -0.3 is 20.3 Å². The van der Waals surface area contributed by atoms with Crippen LogP contribution in [-0.4, -0.2) is 41.5 Å². The lowest BCUT2D eigenvalue weighted by atomic mass is 10.0. The third-order valence-corrected chi connectivity index (χ3v) is 5.68. The normalized spacial score (nSPS) is 11.9. The summed E-state index contributed by atoms with van der Waals surface area (Å²) in [4.78, 5) is 40.7. The van der Waals surface area contributed by atoms with Crippen LogP contribution in [-0.2, 0) is 27.3 Å². The summed E-state index contributed by atoms with van der Waals surface area (Å²) in [6, 6.07) is 16.6. The molecular weight excluding hydrogens is 454 g/mol. The van der Waals surface area contributed by atoms with E-state index in [9.17, 15) is 14.4 Å². The number of aryl methyl sites for hydroxylation is 1. The van der Waals surface area contributed by atoms with Crippen molar-refractivity contribution in [1.29, 1.82) is 0 Å². The molecule has 7 nitrogen and oxygen atoms in total. The van der Waals surface area contributed by atoms with Crippen LogP contribution < -0.4 is 10.6 Å². The number of hydrogen-bond donors (Lipinski definition) is 2. The number of alkyl carbamates (subject to hydrolysis) is 1. The lowest BCUT2D eigenvalue weighted by Gasteiger charge is -2.32. The maximum absolute atomic E-state index is 13.6. The monoisotopic (exact) mass is 495 g/mol. The number of unbranched alkanes of at least 4 members (excludes halogenated alkanes) is 2. The average Bonchev–Trinajstić information content (AvgIpc) is 2.85. The van der Waals surface area contributed by atoms with Crippen LogP contribution in [0.15, 0.2) is 54.6 Å². The van der Waals surface area contributed by atoms with Gasteiger partial charge in [0.25, 0.3) is 0 Å². The third-order valence-electron chi connectivity index (χ3n) is 5.68. The lowest BCUT2D eigenvalue weighted by Crippen LogP contribution is -2.48. The highest BCUT2D eigenvalue weighted by Crippen LogP contribution is 2.23. The number of carbonyl (C=O) groups excluding carboxylic acids is 3. The van der Waals surface area contributed by atoms with Crippen molar-refractivity contribution in [1.82, 2.24) is 15.5 Å². The second kappa shape index (κ2) is 14.3. The molecular formula is C29H41N3O4. The molecule has 0 bridgehead atoms. The topological polar surface area (TPSA) is 87.7 Å². The summed E-state index contributed by atoms with van der Waals surface area (Å²) in [6.07, 6.45) is 2.88. The van der Waals surface area contributed by atoms with Gasteiger partial charge in [0.15, 0.2) is 0 Å². The number of benzene rings is 2. The van der Waals surface area contributed by atoms with Gasteiger partial charge in [0.05, 0.1) is 0 Å². The number of amides is 3. The van der Waals surface area contributed by atoms with Crippen molar-refractivity contribution < 1.29 is 19.1 Å². The van der Waals surface area contributed by atoms with Gasteiger partial charge in [-0.3, -0.25) is 9.59 Å². The van der Waals surface area contributed by atoms with E-state index in [1.165, 1.54) is 0 Å². The predicted octanol–water partition coefficient (Wildman–Crippen LogP) is 5.15. The van der Waals surface area contributed by atoms with Crippen LogP contribution in [0.3, 0.4) is 0 Å². The summed E-state index contributed by atoms with van der Waals surface area (Å²) in [7, 11) is 0. The smallest absolute Gasteiger partial charge is 0.408 e. The van der Waals surface area contributed by atoms with E-state index in [2.05, 4.69) is 24.5 Å². The van der Waals surface area contributed by atoms with Gasteiger partial charge in [0, 0.05) is 13.1 Å². The Hall–Kier alpha value is -3.35. The standard InChI is InChI=1S/C29H41N3O4/c1-6-8-12-19-32(25(33)21-31-28(35)36-29(3,4)5)26(24-17-15-22(7-2)16-18-24)27(34)30-20-23-13-10-9-11-14-23/h9-11,13-18,26H,6-8,12,19-21H2,1-5H3,(H,30,34)(H,31,35). The highest BCUT2D eigenvalue weighted by molar-refractivity contribution is 5.90. The average molecular weight is 496 g/mol. The van der Waals surface area contributed by atoms with Gasteiger partial charge in [-0.05, 0) is 50.3 Å². The summed E-state index contributed by atoms with van der Waals surface area (Å²) in [6.45, 7) is 9.95. The zero-order chi connectivity index (χ0) is 26.6. The zero-order valence-electron chi connectivity index (χ0n) is 22.3. The minimum atomic E-state index is -0.815. The fourth-order valence-corrected chi connectivity index (χ4v) is 3.78. The molecule has 1 atom stereocenters. The summed E-state index contributed by atoms with van der Waals surface area (Å²) < 4.78 is 5.27. The first kappa shape index (κ1) is 28.9. The molecule has 0 radical (unpaired) electrons. The summed E-state index contributed by atoms with van der Waals surface area (Å²) in [5.74, 6) is -0.596. The van der Waals surface area contributed by atoms with Crippen LogP contribution in [0.4, 0.5) is 4.79 Å². The molecule has 0 saturated carbocycles. The van der Waals surface area contributed by atoms with E-state index in [0.29, 0.717) is 13.1 Å². The molecule has 196 valence electrons. The number of carbonyl (C=O) groups is 3. The number of hydrogen-bond acceptors (Lipinski definition) is 4. The highest BCUT2D eigenvalue weighted by Gasteiger charge is 2.31. The van der Waals surface area contributed by atoms with Crippen LogP contribution in [0.2, 0.25) is 0 Å². The Balaban J connectivity index is 2.29. The van der Waals surface area contributed by atoms with Crippen LogP contribution in [0.25, 0.3) is 0 Å². The Kier molecular flexibility index (Phi) is 11.4. The van der Waals surface area contributed by atoms with Gasteiger partial charge in [0.2, 0.25) is 11.8 Å². The van der Waals surface area contributed by atoms with Crippen molar-refractivity contribution in [2.45, 2.75) is 78.5 Å². The van der Waals surface area contributed by atoms with Crippen molar-refractivity contribution in [2.24, 2.45) is 0 Å². The number of nitrogens with zero attached hydrogens (tertiary/aromatic N) is 1. The van der Waals surface area contributed by atoms with E-state index >= 15 is 0 Å². The molecule has 0 spiro atoms. The van der Waals surface area contributed by atoms with Gasteiger partial charge in [-0.25, -0.2) is 4.79 Å². The summed E-state index contributed by atoms with van der Waals surface area (Å²) >= 11 is 0. The third kappa shape index (κ3) is 9.72. The van der Waals surface area contributed by atoms with Crippen molar-refractivity contribution in [3.8, 4) is 0 Å². The van der Waals surface area contributed by atoms with Crippen molar-refractivity contribution in [3.05, 3.63) is 71.3 Å². The molecule has 1 unspecified atom stereocenters. The maximum Gasteiger partial charge on any atom is 0.408 e. The molecule has 36 heavy (non-hydrogen) atoms. The van der Waals surface area contributed by atoms with E-state index in [1.54, 1.807) is 25.7 Å². The van der Waals surface area contributed by atoms with Crippen molar-refractivity contribution in [2.75, 3.05) is 13.1 Å². The molecule has 2 rings (SSSR count). The van der Waals surface area contributed by atoms with Gasteiger partial charge in [0.1, 0.15) is 18.2 Å². The number of nitrogens with one attached hydrogen (secondary N) is 2. The Bertz CT molecular complexity index is 968. The van der Waals surface area contributed by atoms with Gasteiger partial charge >= 0.3 is 6.09 Å². The van der Waals surface area contributed by atoms with Crippen LogP contribution in [0.1, 0.15) is 76.6 Å². The first-order valence-electron chi connectivity index (χ1n) is 12.8. The molecule has 0 aliphatic rings. The second-order valence-electron chi connectivity index (χ2n) is 9.85. The molecule has 2 aromatic carbocycles. The Morgan fingerprint density at radius 3 is 2.14 bits per heavy atom. The maximum atomic E-state index is 13.6. The van der Waals surface area contributed by atoms with Gasteiger partial charge in [-0.15, -0.1) is 0 Å². The quantitative estimate of drug-likeness (QED) is 0.399. The van der Waals surface area contributed by atoms with Crippen molar-refractivity contribution in [3.63, 3.8) is 0 Å². The van der Waals surface area contributed by atoms with Crippen LogP contribution in [0.5, 0.6) is 0 Å². The first-order chi connectivity index (χ1) is 17.1. The van der Waals surface area contributed by atoms with E-state index in [0.717, 1.165) is 42.4 Å². The SMILES string of the molecule is CCCCCN(C(=O)CNC(=O)OC(C)(C)C)C(C(=O)NCc1ccccc1)c1ccc(CC)cc1. The Morgan fingerprint density at radius 1 is 0.889 bits per heavy atom. The molecule has 2 N–H and O–H groups in total. The van der Waals surface area contributed by atoms with Crippen LogP contribution >= 0.6 is 0 Å². The van der Waals surface area contributed by atoms with Crippen LogP contribution in [0, 0.1) is 0 Å². The first-order valence-corrected chi connectivity index (χ1v) is 12.8. The summed E-state index contributed by atoms with van der Waals surface area (Å²) in [5, 5.41) is 5.55. The summed E-state index contributed by atoms with van der Waals surface area (Å²) in [5.41, 5.74) is 2.19. The lowest BCUT2D eigenvalue weighted by molar-refractivity contribution is -0.140. The number of ether oxygens (including phenoxy) is 1. The largest absolute Gasteiger partial charge is 0.444 e. The number of rotatable bonds is 12. The van der Waals surface area contributed by atoms with Crippen molar-refractivity contribution >= 4 is 17.9 Å². The van der Waals surface area contributed by atoms with E-state index in [4.69, 9.17) is 4.74 Å². The molecule has 0 aromatic heterocycles. The predicted molar refractivity (Wildman–Crippen MR) is 142 cm³/mol. The minimum Gasteiger partial charge on any atom is -0.444 e. The van der Waals surface area contributed by atoms with E-state index in [-0.39, 0.29) is 18.4 Å². The molecule has 3 amide bonds. The van der Waals surface area contributed by atoms with E-state index in [1.807, 2.05) is 54.6 Å². The Labute approximate surface area is 215 Å². The van der Waals surface area contributed by atoms with Gasteiger partial charge in [-0.2, -0.15) is 0 Å². The highest BCUT2D eigenvalue weighted by atomic mass is 16.6. The molecule has 0 aliphatic heterocycles. The zero-order valence-corrected chi connectivity index (χ0v) is 22.3. The fourth-order valence-electron chi connectivity index (χ4n) is 3.78. The molecule has 0 aliphatic carbocycles. The van der Waals surface area contributed by atoms with Gasteiger partial charge in [-0.1, -0.05) is 81.3 Å². The molecule has 2 aromatic rings. The van der Waals surface area contributed by atoms with E-state index < -0.39 is 17.7 Å². The Morgan fingerprint density at radius 2 is 1.56 bits per heavy atom. The molecule has 0 fully saturated rings.